The lowest BCUT2D eigenvalue weighted by molar-refractivity contribution is -0.113. The minimum Gasteiger partial charge on any atom is -0.294 e. The smallest absolute Gasteiger partial charge is 0.237 e. The van der Waals surface area contributed by atoms with Gasteiger partial charge in [-0.15, -0.1) is 11.3 Å². The molecule has 1 N–H and O–H groups in total. The number of nitrogens with zero attached hydrogens (tertiary/aromatic N) is 3. The number of anilines is 1. The lowest BCUT2D eigenvalue weighted by Gasteiger charge is -2.01. The Morgan fingerprint density at radius 2 is 1.96 bits per heavy atom. The van der Waals surface area contributed by atoms with Crippen molar-refractivity contribution in [1.82, 2.24) is 15.0 Å². The van der Waals surface area contributed by atoms with Gasteiger partial charge in [0.2, 0.25) is 11.9 Å². The van der Waals surface area contributed by atoms with Crippen molar-refractivity contribution in [2.75, 3.05) is 11.1 Å². The van der Waals surface area contributed by atoms with E-state index in [-0.39, 0.29) is 23.4 Å². The normalized spacial score (nSPS) is 10.5. The lowest BCUT2D eigenvalue weighted by atomic mass is 10.2. The number of nitrogens with one attached hydrogen (secondary N) is 1. The number of rotatable bonds is 5. The minimum atomic E-state index is -0.279. The molecule has 0 atom stereocenters. The molecule has 0 saturated carbocycles. The summed E-state index contributed by atoms with van der Waals surface area (Å²) < 4.78 is 13.7. The van der Waals surface area contributed by atoms with Crippen LogP contribution in [0, 0.1) is 5.82 Å². The number of carbonyl (C=O) groups is 1. The van der Waals surface area contributed by atoms with Gasteiger partial charge in [0, 0.05) is 23.3 Å². The zero-order chi connectivity index (χ0) is 16.1. The molecule has 0 aliphatic heterocycles. The Hall–Kier alpha value is -2.32. The van der Waals surface area contributed by atoms with Crippen LogP contribution in [-0.2, 0) is 4.79 Å². The maximum Gasteiger partial charge on any atom is 0.237 e. The van der Waals surface area contributed by atoms with Crippen LogP contribution in [0.4, 0.5) is 10.3 Å². The molecule has 0 saturated heterocycles. The fourth-order valence-corrected chi connectivity index (χ4v) is 3.36. The van der Waals surface area contributed by atoms with Crippen LogP contribution in [0.5, 0.6) is 0 Å². The molecule has 0 aliphatic rings. The van der Waals surface area contributed by atoms with Gasteiger partial charge >= 0.3 is 0 Å². The van der Waals surface area contributed by atoms with Crippen molar-refractivity contribution in [3.8, 4) is 11.3 Å². The molecule has 1 aromatic carbocycles. The van der Waals surface area contributed by atoms with Gasteiger partial charge in [-0.1, -0.05) is 11.8 Å². The third-order valence-electron chi connectivity index (χ3n) is 2.77. The molecular formula is C15H11FN4OS2. The van der Waals surface area contributed by atoms with Crippen LogP contribution >= 0.6 is 23.1 Å². The van der Waals surface area contributed by atoms with Crippen LogP contribution < -0.4 is 5.32 Å². The summed E-state index contributed by atoms with van der Waals surface area (Å²) in [5, 5.41) is 4.49. The number of benzene rings is 1. The summed E-state index contributed by atoms with van der Waals surface area (Å²) in [5.74, 6) is 0.0246. The number of amides is 1. The molecule has 1 amide bonds. The van der Waals surface area contributed by atoms with Crippen molar-refractivity contribution in [3.05, 3.63) is 53.9 Å². The monoisotopic (exact) mass is 346 g/mol. The Kier molecular flexibility index (Phi) is 4.94. The molecule has 5 nitrogen and oxygen atoms in total. The molecule has 3 aromatic rings. The van der Waals surface area contributed by atoms with Crippen LogP contribution in [-0.4, -0.2) is 26.6 Å². The van der Waals surface area contributed by atoms with E-state index in [2.05, 4.69) is 20.3 Å². The minimum absolute atomic E-state index is 0.195. The van der Waals surface area contributed by atoms with Crippen molar-refractivity contribution in [3.63, 3.8) is 0 Å². The number of hydrogen-bond donors (Lipinski definition) is 1. The Morgan fingerprint density at radius 1 is 1.22 bits per heavy atom. The summed E-state index contributed by atoms with van der Waals surface area (Å²) >= 11 is 2.78. The van der Waals surface area contributed by atoms with Crippen molar-refractivity contribution in [2.45, 2.75) is 4.34 Å². The number of carbonyl (C=O) groups excluding carboxylic acids is 1. The van der Waals surface area contributed by atoms with Gasteiger partial charge in [0.15, 0.2) is 4.34 Å². The highest BCUT2D eigenvalue weighted by molar-refractivity contribution is 8.01. The van der Waals surface area contributed by atoms with E-state index < -0.39 is 0 Å². The third kappa shape index (κ3) is 4.33. The molecule has 0 fully saturated rings. The molecule has 2 aromatic heterocycles. The maximum absolute atomic E-state index is 12.9. The van der Waals surface area contributed by atoms with E-state index in [9.17, 15) is 9.18 Å². The standard InChI is InChI=1S/C15H11FN4OS2/c16-11-4-2-10(3-5-11)12-8-22-15(19-12)23-9-13(21)20-14-17-6-1-7-18-14/h1-8H,9H2,(H,17,18,20,21). The quantitative estimate of drug-likeness (QED) is 0.717. The van der Waals surface area contributed by atoms with Gasteiger partial charge in [0.1, 0.15) is 5.82 Å². The van der Waals surface area contributed by atoms with E-state index in [1.807, 2.05) is 5.38 Å². The number of thioether (sulfide) groups is 1. The fourth-order valence-electron chi connectivity index (χ4n) is 1.73. The summed E-state index contributed by atoms with van der Waals surface area (Å²) in [6.07, 6.45) is 3.12. The molecule has 0 unspecified atom stereocenters. The van der Waals surface area contributed by atoms with Gasteiger partial charge in [-0.2, -0.15) is 0 Å². The van der Waals surface area contributed by atoms with Gasteiger partial charge in [-0.05, 0) is 30.3 Å². The Bertz CT molecular complexity index is 793. The summed E-state index contributed by atoms with van der Waals surface area (Å²) in [4.78, 5) is 24.1. The molecule has 23 heavy (non-hydrogen) atoms. The second-order valence-corrected chi connectivity index (χ2v) is 6.50. The van der Waals surface area contributed by atoms with E-state index in [0.717, 1.165) is 15.6 Å². The highest BCUT2D eigenvalue weighted by Crippen LogP contribution is 2.28. The van der Waals surface area contributed by atoms with Crippen LogP contribution in [0.15, 0.2) is 52.4 Å². The van der Waals surface area contributed by atoms with Crippen molar-refractivity contribution in [1.29, 1.82) is 0 Å². The summed E-state index contributed by atoms with van der Waals surface area (Å²) in [6, 6.07) is 7.83. The number of halogens is 1. The van der Waals surface area contributed by atoms with Crippen LogP contribution in [0.1, 0.15) is 0 Å². The zero-order valence-corrected chi connectivity index (χ0v) is 13.4. The Balaban J connectivity index is 1.57. The lowest BCUT2D eigenvalue weighted by Crippen LogP contribution is -2.15. The first-order valence-corrected chi connectivity index (χ1v) is 8.48. The maximum atomic E-state index is 12.9. The average molecular weight is 346 g/mol. The SMILES string of the molecule is O=C(CSc1nc(-c2ccc(F)cc2)cs1)Nc1ncccn1. The molecule has 0 bridgehead atoms. The van der Waals surface area contributed by atoms with Gasteiger partial charge in [0.05, 0.1) is 11.4 Å². The van der Waals surface area contributed by atoms with Gasteiger partial charge in [-0.25, -0.2) is 19.3 Å². The summed E-state index contributed by atoms with van der Waals surface area (Å²) in [5.41, 5.74) is 1.61. The van der Waals surface area contributed by atoms with Crippen molar-refractivity contribution < 1.29 is 9.18 Å². The highest BCUT2D eigenvalue weighted by Gasteiger charge is 2.09. The van der Waals surface area contributed by atoms with Gasteiger partial charge < -0.3 is 0 Å². The van der Waals surface area contributed by atoms with Crippen molar-refractivity contribution in [2.24, 2.45) is 0 Å². The molecule has 0 aliphatic carbocycles. The first-order chi connectivity index (χ1) is 11.2. The molecule has 2 heterocycles. The molecule has 0 radical (unpaired) electrons. The van der Waals surface area contributed by atoms with Crippen LogP contribution in [0.2, 0.25) is 0 Å². The Morgan fingerprint density at radius 3 is 2.70 bits per heavy atom. The van der Waals surface area contributed by atoms with Crippen molar-refractivity contribution >= 4 is 35.0 Å². The second-order valence-electron chi connectivity index (χ2n) is 4.41. The number of hydrogen-bond acceptors (Lipinski definition) is 6. The fraction of sp³-hybridized carbons (Fsp3) is 0.0667. The molecule has 8 heteroatoms. The number of aromatic nitrogens is 3. The third-order valence-corrected chi connectivity index (χ3v) is 4.79. The van der Waals surface area contributed by atoms with E-state index in [1.54, 1.807) is 30.6 Å². The highest BCUT2D eigenvalue weighted by atomic mass is 32.2. The van der Waals surface area contributed by atoms with E-state index in [4.69, 9.17) is 0 Å². The summed E-state index contributed by atoms with van der Waals surface area (Å²) in [7, 11) is 0. The van der Waals surface area contributed by atoms with Gasteiger partial charge in [-0.3, -0.25) is 10.1 Å². The van der Waals surface area contributed by atoms with Crippen LogP contribution in [0.3, 0.4) is 0 Å². The van der Waals surface area contributed by atoms with E-state index in [1.165, 1.54) is 35.2 Å². The summed E-state index contributed by atoms with van der Waals surface area (Å²) in [6.45, 7) is 0. The predicted molar refractivity (Wildman–Crippen MR) is 88.9 cm³/mol. The van der Waals surface area contributed by atoms with E-state index in [0.29, 0.717) is 0 Å². The zero-order valence-electron chi connectivity index (χ0n) is 11.8. The second kappa shape index (κ2) is 7.30. The molecule has 0 spiro atoms. The Labute approximate surface area is 140 Å². The average Bonchev–Trinajstić information content (AvgIpc) is 3.04. The number of thiazole rings is 1. The topological polar surface area (TPSA) is 67.8 Å². The first kappa shape index (κ1) is 15.6. The molecular weight excluding hydrogens is 335 g/mol. The molecule has 116 valence electrons. The predicted octanol–water partition coefficient (Wildman–Crippen LogP) is 3.47. The first-order valence-electron chi connectivity index (χ1n) is 6.62. The largest absolute Gasteiger partial charge is 0.294 e. The van der Waals surface area contributed by atoms with E-state index >= 15 is 0 Å². The molecule has 3 rings (SSSR count). The van der Waals surface area contributed by atoms with Crippen LogP contribution in [0.25, 0.3) is 11.3 Å². The van der Waals surface area contributed by atoms with Gasteiger partial charge in [0.25, 0.3) is 0 Å².